The highest BCUT2D eigenvalue weighted by atomic mass is 32.1. The van der Waals surface area contributed by atoms with Gasteiger partial charge in [0.05, 0.1) is 4.88 Å². The van der Waals surface area contributed by atoms with Gasteiger partial charge in [0.1, 0.15) is 13.2 Å². The van der Waals surface area contributed by atoms with Crippen molar-refractivity contribution in [1.29, 1.82) is 0 Å². The predicted molar refractivity (Wildman–Crippen MR) is 66.1 cm³/mol. The van der Waals surface area contributed by atoms with Gasteiger partial charge in [0.15, 0.2) is 17.8 Å². The minimum atomic E-state index is 0.584. The second-order valence-electron chi connectivity index (χ2n) is 3.68. The van der Waals surface area contributed by atoms with Crippen LogP contribution in [0.25, 0.3) is 10.4 Å². The van der Waals surface area contributed by atoms with Gasteiger partial charge in [-0.3, -0.25) is 4.79 Å². The second kappa shape index (κ2) is 4.22. The van der Waals surface area contributed by atoms with E-state index >= 15 is 0 Å². The molecule has 0 saturated heterocycles. The van der Waals surface area contributed by atoms with Crippen LogP contribution < -0.4 is 9.47 Å². The summed E-state index contributed by atoms with van der Waals surface area (Å²) in [5.74, 6) is 1.56. The van der Waals surface area contributed by atoms with Crippen LogP contribution in [-0.4, -0.2) is 19.5 Å². The summed E-state index contributed by atoms with van der Waals surface area (Å²) in [5.41, 5.74) is 1.05. The molecule has 17 heavy (non-hydrogen) atoms. The lowest BCUT2D eigenvalue weighted by Gasteiger charge is -2.18. The van der Waals surface area contributed by atoms with Gasteiger partial charge in [-0.25, -0.2) is 0 Å². The number of thiophene rings is 1. The van der Waals surface area contributed by atoms with Gasteiger partial charge >= 0.3 is 0 Å². The Morgan fingerprint density at radius 1 is 1.06 bits per heavy atom. The Kier molecular flexibility index (Phi) is 2.57. The Morgan fingerprint density at radius 3 is 2.65 bits per heavy atom. The molecular formula is C13H10O3S. The van der Waals surface area contributed by atoms with Crippen LogP contribution in [-0.2, 0) is 0 Å². The van der Waals surface area contributed by atoms with Gasteiger partial charge in [0.25, 0.3) is 0 Å². The zero-order chi connectivity index (χ0) is 11.7. The fourth-order valence-corrected chi connectivity index (χ4v) is 2.59. The minimum absolute atomic E-state index is 0.584. The topological polar surface area (TPSA) is 35.5 Å². The summed E-state index contributed by atoms with van der Waals surface area (Å²) in [7, 11) is 0. The first kappa shape index (κ1) is 10.4. The zero-order valence-corrected chi connectivity index (χ0v) is 9.83. The van der Waals surface area contributed by atoms with Gasteiger partial charge in [-0.15, -0.1) is 11.3 Å². The lowest BCUT2D eigenvalue weighted by molar-refractivity contribution is 0.112. The van der Waals surface area contributed by atoms with E-state index in [4.69, 9.17) is 9.47 Å². The molecular weight excluding hydrogens is 236 g/mol. The van der Waals surface area contributed by atoms with Crippen molar-refractivity contribution in [2.75, 3.05) is 13.2 Å². The molecule has 1 aliphatic heterocycles. The van der Waals surface area contributed by atoms with E-state index in [1.807, 2.05) is 30.3 Å². The lowest BCUT2D eigenvalue weighted by atomic mass is 10.1. The van der Waals surface area contributed by atoms with E-state index in [-0.39, 0.29) is 0 Å². The van der Waals surface area contributed by atoms with Crippen LogP contribution >= 0.6 is 11.3 Å². The Hall–Kier alpha value is -1.81. The first-order chi connectivity index (χ1) is 8.36. The van der Waals surface area contributed by atoms with E-state index in [2.05, 4.69) is 0 Å². The third kappa shape index (κ3) is 1.91. The van der Waals surface area contributed by atoms with E-state index in [0.29, 0.717) is 13.2 Å². The molecule has 0 fully saturated rings. The third-order valence-corrected chi connectivity index (χ3v) is 3.63. The normalized spacial score (nSPS) is 13.4. The van der Waals surface area contributed by atoms with Crippen molar-refractivity contribution in [3.63, 3.8) is 0 Å². The summed E-state index contributed by atoms with van der Waals surface area (Å²) in [5, 5.41) is 0. The highest BCUT2D eigenvalue weighted by Crippen LogP contribution is 2.36. The van der Waals surface area contributed by atoms with Crippen LogP contribution in [0.1, 0.15) is 9.67 Å². The maximum absolute atomic E-state index is 10.6. The number of hydrogen-bond donors (Lipinski definition) is 0. The van der Waals surface area contributed by atoms with E-state index in [1.54, 1.807) is 0 Å². The highest BCUT2D eigenvalue weighted by molar-refractivity contribution is 7.17. The molecule has 1 aliphatic rings. The fraction of sp³-hybridized carbons (Fsp3) is 0.154. The second-order valence-corrected chi connectivity index (χ2v) is 4.79. The molecule has 0 amide bonds. The fourth-order valence-electron chi connectivity index (χ4n) is 1.77. The Labute approximate surface area is 103 Å². The molecule has 4 heteroatoms. The maximum atomic E-state index is 10.6. The lowest BCUT2D eigenvalue weighted by Crippen LogP contribution is -2.15. The molecule has 86 valence electrons. The summed E-state index contributed by atoms with van der Waals surface area (Å²) < 4.78 is 11.0. The van der Waals surface area contributed by atoms with E-state index in [1.165, 1.54) is 11.3 Å². The third-order valence-electron chi connectivity index (χ3n) is 2.57. The van der Waals surface area contributed by atoms with Gasteiger partial charge in [-0.2, -0.15) is 0 Å². The maximum Gasteiger partial charge on any atom is 0.162 e. The van der Waals surface area contributed by atoms with E-state index < -0.39 is 0 Å². The van der Waals surface area contributed by atoms with Gasteiger partial charge in [0.2, 0.25) is 0 Å². The standard InChI is InChI=1S/C13H10O3S/c14-8-10-2-4-13(17-10)9-1-3-11-12(7-9)16-6-5-15-11/h1-4,7-8H,5-6H2. The molecule has 0 saturated carbocycles. The number of aldehydes is 1. The molecule has 0 unspecified atom stereocenters. The number of rotatable bonds is 2. The van der Waals surface area contributed by atoms with Crippen molar-refractivity contribution >= 4 is 17.6 Å². The Bertz CT molecular complexity index is 560. The van der Waals surface area contributed by atoms with Crippen molar-refractivity contribution in [3.05, 3.63) is 35.2 Å². The summed E-state index contributed by atoms with van der Waals surface area (Å²) in [4.78, 5) is 12.4. The number of ether oxygens (including phenoxy) is 2. The van der Waals surface area contributed by atoms with Crippen molar-refractivity contribution < 1.29 is 14.3 Å². The summed E-state index contributed by atoms with van der Waals surface area (Å²) in [6, 6.07) is 9.61. The molecule has 3 rings (SSSR count). The summed E-state index contributed by atoms with van der Waals surface area (Å²) >= 11 is 1.47. The predicted octanol–water partition coefficient (Wildman–Crippen LogP) is 3.00. The molecule has 1 aromatic heterocycles. The molecule has 2 heterocycles. The van der Waals surface area contributed by atoms with Gasteiger partial charge < -0.3 is 9.47 Å². The number of benzene rings is 1. The van der Waals surface area contributed by atoms with Gasteiger partial charge in [0, 0.05) is 4.88 Å². The van der Waals surface area contributed by atoms with E-state index in [9.17, 15) is 4.79 Å². The van der Waals surface area contributed by atoms with Crippen LogP contribution in [0.5, 0.6) is 11.5 Å². The monoisotopic (exact) mass is 246 g/mol. The molecule has 0 atom stereocenters. The number of fused-ring (bicyclic) bond motifs is 1. The molecule has 0 bridgehead atoms. The van der Waals surface area contributed by atoms with Crippen molar-refractivity contribution in [3.8, 4) is 21.9 Å². The molecule has 0 N–H and O–H groups in total. The first-order valence-corrected chi connectivity index (χ1v) is 6.13. The van der Waals surface area contributed by atoms with Crippen molar-refractivity contribution in [2.45, 2.75) is 0 Å². The van der Waals surface area contributed by atoms with Crippen LogP contribution in [0, 0.1) is 0 Å². The zero-order valence-electron chi connectivity index (χ0n) is 9.01. The van der Waals surface area contributed by atoms with E-state index in [0.717, 1.165) is 33.1 Å². The number of carbonyl (C=O) groups is 1. The number of hydrogen-bond acceptors (Lipinski definition) is 4. The van der Waals surface area contributed by atoms with Crippen LogP contribution in [0.4, 0.5) is 0 Å². The highest BCUT2D eigenvalue weighted by Gasteiger charge is 2.13. The minimum Gasteiger partial charge on any atom is -0.486 e. The number of carbonyl (C=O) groups excluding carboxylic acids is 1. The largest absolute Gasteiger partial charge is 0.486 e. The SMILES string of the molecule is O=Cc1ccc(-c2ccc3c(c2)OCCO3)s1. The quantitative estimate of drug-likeness (QED) is 0.764. The van der Waals surface area contributed by atoms with Crippen molar-refractivity contribution in [2.24, 2.45) is 0 Å². The van der Waals surface area contributed by atoms with Crippen LogP contribution in [0.15, 0.2) is 30.3 Å². The molecule has 0 aliphatic carbocycles. The smallest absolute Gasteiger partial charge is 0.162 e. The molecule has 0 radical (unpaired) electrons. The first-order valence-electron chi connectivity index (χ1n) is 5.32. The van der Waals surface area contributed by atoms with Gasteiger partial charge in [-0.05, 0) is 35.9 Å². The molecule has 2 aromatic rings. The average Bonchev–Trinajstić information content (AvgIpc) is 2.87. The summed E-state index contributed by atoms with van der Waals surface area (Å²) in [6.45, 7) is 1.18. The van der Waals surface area contributed by atoms with Crippen LogP contribution in [0.3, 0.4) is 0 Å². The molecule has 1 aromatic carbocycles. The average molecular weight is 246 g/mol. The Balaban J connectivity index is 2.00. The summed E-state index contributed by atoms with van der Waals surface area (Å²) in [6.07, 6.45) is 0.867. The molecule has 3 nitrogen and oxygen atoms in total. The van der Waals surface area contributed by atoms with Gasteiger partial charge in [-0.1, -0.05) is 0 Å². The Morgan fingerprint density at radius 2 is 1.88 bits per heavy atom. The van der Waals surface area contributed by atoms with Crippen LogP contribution in [0.2, 0.25) is 0 Å². The molecule has 0 spiro atoms. The van der Waals surface area contributed by atoms with Crippen molar-refractivity contribution in [1.82, 2.24) is 0 Å².